The molecule has 0 fully saturated rings. The Hall–Kier alpha value is -2.21. The maximum absolute atomic E-state index is 11.5. The molecule has 0 aliphatic carbocycles. The van der Waals surface area contributed by atoms with Crippen LogP contribution < -0.4 is 14.8 Å². The predicted octanol–water partition coefficient (Wildman–Crippen LogP) is 2.99. The second kappa shape index (κ2) is 5.53. The van der Waals surface area contributed by atoms with Crippen molar-refractivity contribution < 1.29 is 17.9 Å². The van der Waals surface area contributed by atoms with Crippen LogP contribution >= 0.6 is 0 Å². The lowest BCUT2D eigenvalue weighted by atomic mass is 10.1. The van der Waals surface area contributed by atoms with E-state index >= 15 is 0 Å². The molecule has 0 unspecified atom stereocenters. The van der Waals surface area contributed by atoms with Gasteiger partial charge in [0, 0.05) is 12.3 Å². The molecule has 0 amide bonds. The zero-order valence-corrected chi connectivity index (χ0v) is 13.2. The van der Waals surface area contributed by atoms with E-state index in [9.17, 15) is 8.42 Å². The Morgan fingerprint density at radius 3 is 2.50 bits per heavy atom. The molecule has 1 aliphatic rings. The maximum atomic E-state index is 11.5. The van der Waals surface area contributed by atoms with Gasteiger partial charge in [-0.1, -0.05) is 18.2 Å². The molecule has 1 heterocycles. The first-order valence-electron chi connectivity index (χ1n) is 6.90. The third-order valence-electron chi connectivity index (χ3n) is 3.58. The Morgan fingerprint density at radius 1 is 1.09 bits per heavy atom. The SMILES string of the molecule is C[C@@H](Nc1cccc2c1OCO2)c1ccc(S(C)(=O)=O)cc1. The minimum absolute atomic E-state index is 0.00399. The molecular weight excluding hydrogens is 302 g/mol. The van der Waals surface area contributed by atoms with E-state index in [4.69, 9.17) is 9.47 Å². The van der Waals surface area contributed by atoms with Gasteiger partial charge in [0.15, 0.2) is 21.3 Å². The third-order valence-corrected chi connectivity index (χ3v) is 4.71. The van der Waals surface area contributed by atoms with Gasteiger partial charge in [-0.3, -0.25) is 0 Å². The first-order chi connectivity index (χ1) is 10.4. The smallest absolute Gasteiger partial charge is 0.231 e. The average Bonchev–Trinajstić information content (AvgIpc) is 2.96. The van der Waals surface area contributed by atoms with Crippen molar-refractivity contribution in [2.24, 2.45) is 0 Å². The second-order valence-corrected chi connectivity index (χ2v) is 7.26. The molecule has 5 nitrogen and oxygen atoms in total. The number of nitrogens with one attached hydrogen (secondary N) is 1. The van der Waals surface area contributed by atoms with Crippen molar-refractivity contribution in [3.05, 3.63) is 48.0 Å². The van der Waals surface area contributed by atoms with Crippen molar-refractivity contribution in [3.63, 3.8) is 0 Å². The summed E-state index contributed by atoms with van der Waals surface area (Å²) < 4.78 is 33.8. The number of hydrogen-bond acceptors (Lipinski definition) is 5. The van der Waals surface area contributed by atoms with Crippen LogP contribution in [0.15, 0.2) is 47.4 Å². The van der Waals surface area contributed by atoms with Gasteiger partial charge in [0.2, 0.25) is 6.79 Å². The van der Waals surface area contributed by atoms with Crippen molar-refractivity contribution in [2.75, 3.05) is 18.4 Å². The molecule has 0 radical (unpaired) electrons. The van der Waals surface area contributed by atoms with Crippen LogP contribution in [0.25, 0.3) is 0 Å². The minimum atomic E-state index is -3.17. The molecule has 116 valence electrons. The van der Waals surface area contributed by atoms with Crippen molar-refractivity contribution in [1.29, 1.82) is 0 Å². The molecule has 0 bridgehead atoms. The Morgan fingerprint density at radius 2 is 1.82 bits per heavy atom. The molecule has 1 N–H and O–H groups in total. The van der Waals surface area contributed by atoms with E-state index in [2.05, 4.69) is 5.32 Å². The van der Waals surface area contributed by atoms with Crippen LogP contribution in [-0.4, -0.2) is 21.5 Å². The summed E-state index contributed by atoms with van der Waals surface area (Å²) in [6.45, 7) is 2.23. The Kier molecular flexibility index (Phi) is 3.70. The van der Waals surface area contributed by atoms with E-state index in [1.54, 1.807) is 12.1 Å². The van der Waals surface area contributed by atoms with Crippen molar-refractivity contribution in [1.82, 2.24) is 0 Å². The number of anilines is 1. The van der Waals surface area contributed by atoms with Gasteiger partial charge in [0.25, 0.3) is 0 Å². The quantitative estimate of drug-likeness (QED) is 0.938. The lowest BCUT2D eigenvalue weighted by Gasteiger charge is -2.17. The molecule has 0 aromatic heterocycles. The Balaban J connectivity index is 1.81. The first-order valence-corrected chi connectivity index (χ1v) is 8.79. The maximum Gasteiger partial charge on any atom is 0.231 e. The molecule has 0 spiro atoms. The summed E-state index contributed by atoms with van der Waals surface area (Å²) in [5.74, 6) is 1.44. The van der Waals surface area contributed by atoms with E-state index < -0.39 is 9.84 Å². The molecule has 22 heavy (non-hydrogen) atoms. The molecule has 2 aromatic rings. The van der Waals surface area contributed by atoms with Crippen LogP contribution in [0, 0.1) is 0 Å². The molecule has 3 rings (SSSR count). The summed E-state index contributed by atoms with van der Waals surface area (Å²) in [7, 11) is -3.17. The highest BCUT2D eigenvalue weighted by Gasteiger charge is 2.18. The number of rotatable bonds is 4. The van der Waals surface area contributed by atoms with E-state index in [0.717, 1.165) is 17.0 Å². The van der Waals surface area contributed by atoms with Crippen LogP contribution in [0.3, 0.4) is 0 Å². The zero-order chi connectivity index (χ0) is 15.7. The highest BCUT2D eigenvalue weighted by atomic mass is 32.2. The molecule has 1 aliphatic heterocycles. The van der Waals surface area contributed by atoms with Crippen molar-refractivity contribution in [2.45, 2.75) is 17.9 Å². The molecule has 6 heteroatoms. The second-order valence-electron chi connectivity index (χ2n) is 5.25. The summed E-state index contributed by atoms with van der Waals surface area (Å²) in [6.07, 6.45) is 1.20. The van der Waals surface area contributed by atoms with Gasteiger partial charge in [-0.2, -0.15) is 0 Å². The van der Waals surface area contributed by atoms with E-state index in [1.807, 2.05) is 37.3 Å². The van der Waals surface area contributed by atoms with E-state index in [0.29, 0.717) is 10.6 Å². The summed E-state index contributed by atoms with van der Waals surface area (Å²) in [5.41, 5.74) is 1.85. The monoisotopic (exact) mass is 319 g/mol. The first kappa shape index (κ1) is 14.7. The van der Waals surface area contributed by atoms with Gasteiger partial charge < -0.3 is 14.8 Å². The Bertz CT molecular complexity index is 784. The molecule has 1 atom stereocenters. The van der Waals surface area contributed by atoms with Crippen LogP contribution in [-0.2, 0) is 9.84 Å². The number of para-hydroxylation sites is 1. The van der Waals surface area contributed by atoms with Gasteiger partial charge in [0.05, 0.1) is 10.6 Å². The van der Waals surface area contributed by atoms with Gasteiger partial charge in [0.1, 0.15) is 0 Å². The normalized spacial score (nSPS) is 14.6. The van der Waals surface area contributed by atoms with Crippen LogP contribution in [0.5, 0.6) is 11.5 Å². The van der Waals surface area contributed by atoms with Crippen LogP contribution in [0.4, 0.5) is 5.69 Å². The highest BCUT2D eigenvalue weighted by Crippen LogP contribution is 2.40. The van der Waals surface area contributed by atoms with Gasteiger partial charge >= 0.3 is 0 Å². The largest absolute Gasteiger partial charge is 0.454 e. The number of benzene rings is 2. The average molecular weight is 319 g/mol. The minimum Gasteiger partial charge on any atom is -0.454 e. The summed E-state index contributed by atoms with van der Waals surface area (Å²) in [6, 6.07) is 12.6. The standard InChI is InChI=1S/C16H17NO4S/c1-11(12-6-8-13(9-7-12)22(2,18)19)17-14-4-3-5-15-16(14)21-10-20-15/h3-9,11,17H,10H2,1-2H3/t11-/m1/s1. The van der Waals surface area contributed by atoms with Gasteiger partial charge in [-0.15, -0.1) is 0 Å². The highest BCUT2D eigenvalue weighted by molar-refractivity contribution is 7.90. The summed E-state index contributed by atoms with van der Waals surface area (Å²) in [5, 5.41) is 3.36. The fraction of sp³-hybridized carbons (Fsp3) is 0.250. The van der Waals surface area contributed by atoms with Gasteiger partial charge in [-0.25, -0.2) is 8.42 Å². The molecular formula is C16H17NO4S. The summed E-state index contributed by atoms with van der Waals surface area (Å²) in [4.78, 5) is 0.320. The van der Waals surface area contributed by atoms with E-state index in [-0.39, 0.29) is 12.8 Å². The fourth-order valence-electron chi connectivity index (χ4n) is 2.36. The van der Waals surface area contributed by atoms with Crippen molar-refractivity contribution in [3.8, 4) is 11.5 Å². The lowest BCUT2D eigenvalue weighted by molar-refractivity contribution is 0.174. The molecule has 0 saturated carbocycles. The number of sulfone groups is 1. The lowest BCUT2D eigenvalue weighted by Crippen LogP contribution is -2.08. The number of hydrogen-bond donors (Lipinski definition) is 1. The number of fused-ring (bicyclic) bond motifs is 1. The molecule has 2 aromatic carbocycles. The predicted molar refractivity (Wildman–Crippen MR) is 84.2 cm³/mol. The topological polar surface area (TPSA) is 64.6 Å². The van der Waals surface area contributed by atoms with Crippen LogP contribution in [0.2, 0.25) is 0 Å². The van der Waals surface area contributed by atoms with Crippen LogP contribution in [0.1, 0.15) is 18.5 Å². The fourth-order valence-corrected chi connectivity index (χ4v) is 2.99. The van der Waals surface area contributed by atoms with Crippen molar-refractivity contribution >= 4 is 15.5 Å². The molecule has 0 saturated heterocycles. The van der Waals surface area contributed by atoms with E-state index in [1.165, 1.54) is 6.26 Å². The summed E-state index contributed by atoms with van der Waals surface area (Å²) >= 11 is 0. The Labute approximate surface area is 129 Å². The number of ether oxygens (including phenoxy) is 2. The zero-order valence-electron chi connectivity index (χ0n) is 12.4. The van der Waals surface area contributed by atoms with Gasteiger partial charge in [-0.05, 0) is 36.8 Å². The third kappa shape index (κ3) is 2.87.